The van der Waals surface area contributed by atoms with Crippen LogP contribution in [0.5, 0.6) is 11.5 Å². The van der Waals surface area contributed by atoms with E-state index in [4.69, 9.17) is 21.1 Å². The van der Waals surface area contributed by atoms with Crippen molar-refractivity contribution < 1.29 is 9.47 Å². The summed E-state index contributed by atoms with van der Waals surface area (Å²) in [7, 11) is 1.84. The molecule has 9 heteroatoms. The minimum Gasteiger partial charge on any atom is -0.490 e. The van der Waals surface area contributed by atoms with E-state index in [1.165, 1.54) is 0 Å². The van der Waals surface area contributed by atoms with Crippen molar-refractivity contribution >= 4 is 23.4 Å². The standard InChI is InChI=1S/C17H26ClN5O2S/c1-5-24-15-10-13(9-14(18)16(15)25-12(2)3)11-19-7-6-8-26-17-20-21-22-23(17)4/h9-10,12,19H,5-8,11H2,1-4H3. The second-order valence-electron chi connectivity index (χ2n) is 5.97. The molecule has 0 bridgehead atoms. The number of rotatable bonds is 11. The van der Waals surface area contributed by atoms with Crippen molar-refractivity contribution in [1.29, 1.82) is 0 Å². The summed E-state index contributed by atoms with van der Waals surface area (Å²) in [6.07, 6.45) is 1.05. The van der Waals surface area contributed by atoms with Gasteiger partial charge in [-0.2, -0.15) is 0 Å². The Hall–Kier alpha value is -1.51. The lowest BCUT2D eigenvalue weighted by molar-refractivity contribution is 0.224. The Bertz CT molecular complexity index is 696. The molecule has 0 saturated heterocycles. The van der Waals surface area contributed by atoms with E-state index in [1.54, 1.807) is 16.4 Å². The van der Waals surface area contributed by atoms with Crippen LogP contribution in [0.15, 0.2) is 17.3 Å². The molecule has 0 aliphatic heterocycles. The van der Waals surface area contributed by atoms with Crippen LogP contribution < -0.4 is 14.8 Å². The van der Waals surface area contributed by atoms with Crippen LogP contribution in [0.2, 0.25) is 5.02 Å². The van der Waals surface area contributed by atoms with E-state index >= 15 is 0 Å². The number of hydrogen-bond donors (Lipinski definition) is 1. The molecule has 0 saturated carbocycles. The number of tetrazole rings is 1. The van der Waals surface area contributed by atoms with Crippen molar-refractivity contribution in [3.63, 3.8) is 0 Å². The van der Waals surface area contributed by atoms with Gasteiger partial charge in [0.25, 0.3) is 0 Å². The Morgan fingerprint density at radius 1 is 1.35 bits per heavy atom. The van der Waals surface area contributed by atoms with Gasteiger partial charge < -0.3 is 14.8 Å². The van der Waals surface area contributed by atoms with Gasteiger partial charge in [-0.25, -0.2) is 4.68 Å². The number of ether oxygens (including phenoxy) is 2. The fourth-order valence-corrected chi connectivity index (χ4v) is 3.34. The fraction of sp³-hybridized carbons (Fsp3) is 0.588. The number of halogens is 1. The van der Waals surface area contributed by atoms with E-state index < -0.39 is 0 Å². The fourth-order valence-electron chi connectivity index (χ4n) is 2.27. The summed E-state index contributed by atoms with van der Waals surface area (Å²) < 4.78 is 13.2. The van der Waals surface area contributed by atoms with E-state index in [2.05, 4.69) is 20.8 Å². The van der Waals surface area contributed by atoms with Gasteiger partial charge in [-0.1, -0.05) is 23.4 Å². The summed E-state index contributed by atoms with van der Waals surface area (Å²) in [4.78, 5) is 0. The van der Waals surface area contributed by atoms with Crippen LogP contribution in [-0.2, 0) is 13.6 Å². The number of thioether (sulfide) groups is 1. The highest BCUT2D eigenvalue weighted by Crippen LogP contribution is 2.37. The first kappa shape index (κ1) is 20.8. The van der Waals surface area contributed by atoms with Crippen molar-refractivity contribution in [3.05, 3.63) is 22.7 Å². The molecule has 144 valence electrons. The van der Waals surface area contributed by atoms with Crippen LogP contribution in [0.4, 0.5) is 0 Å². The van der Waals surface area contributed by atoms with E-state index in [0.717, 1.165) is 36.0 Å². The van der Waals surface area contributed by atoms with Gasteiger partial charge in [0.15, 0.2) is 11.5 Å². The van der Waals surface area contributed by atoms with Gasteiger partial charge in [0.2, 0.25) is 5.16 Å². The Labute approximate surface area is 163 Å². The molecule has 0 aliphatic rings. The quantitative estimate of drug-likeness (QED) is 0.459. The molecule has 0 atom stereocenters. The van der Waals surface area contributed by atoms with E-state index in [1.807, 2.05) is 40.0 Å². The highest BCUT2D eigenvalue weighted by Gasteiger charge is 2.14. The molecular weight excluding hydrogens is 374 g/mol. The Morgan fingerprint density at radius 3 is 2.81 bits per heavy atom. The van der Waals surface area contributed by atoms with Crippen molar-refractivity contribution in [3.8, 4) is 11.5 Å². The van der Waals surface area contributed by atoms with Gasteiger partial charge in [-0.05, 0) is 61.9 Å². The maximum absolute atomic E-state index is 6.39. The van der Waals surface area contributed by atoms with Crippen molar-refractivity contribution in [2.75, 3.05) is 18.9 Å². The first-order valence-corrected chi connectivity index (χ1v) is 10.0. The third kappa shape index (κ3) is 6.34. The summed E-state index contributed by atoms with van der Waals surface area (Å²) >= 11 is 8.04. The lowest BCUT2D eigenvalue weighted by Crippen LogP contribution is -2.16. The maximum atomic E-state index is 6.39. The number of nitrogens with one attached hydrogen (secondary N) is 1. The first-order chi connectivity index (χ1) is 12.5. The van der Waals surface area contributed by atoms with Crippen LogP contribution in [-0.4, -0.2) is 45.2 Å². The minimum atomic E-state index is 0.0392. The number of nitrogens with zero attached hydrogens (tertiary/aromatic N) is 4. The van der Waals surface area contributed by atoms with Crippen LogP contribution in [0.3, 0.4) is 0 Å². The summed E-state index contributed by atoms with van der Waals surface area (Å²) in [5.41, 5.74) is 1.07. The Kier molecular flexibility index (Phi) is 8.47. The number of hydrogen-bond acceptors (Lipinski definition) is 7. The summed E-state index contributed by atoms with van der Waals surface area (Å²) in [5, 5.41) is 16.2. The highest BCUT2D eigenvalue weighted by atomic mass is 35.5. The summed E-state index contributed by atoms with van der Waals surface area (Å²) in [6.45, 7) is 8.06. The monoisotopic (exact) mass is 399 g/mol. The summed E-state index contributed by atoms with van der Waals surface area (Å²) in [5.74, 6) is 2.25. The van der Waals surface area contributed by atoms with Gasteiger partial charge in [0, 0.05) is 19.3 Å². The van der Waals surface area contributed by atoms with Gasteiger partial charge in [-0.3, -0.25) is 0 Å². The molecule has 0 fully saturated rings. The molecular formula is C17H26ClN5O2S. The van der Waals surface area contributed by atoms with E-state index in [9.17, 15) is 0 Å². The topological polar surface area (TPSA) is 74.1 Å². The largest absolute Gasteiger partial charge is 0.490 e. The molecule has 2 aromatic rings. The second-order valence-corrected chi connectivity index (χ2v) is 7.44. The second kappa shape index (κ2) is 10.6. The maximum Gasteiger partial charge on any atom is 0.209 e. The predicted molar refractivity (Wildman–Crippen MR) is 104 cm³/mol. The molecule has 2 rings (SSSR count). The molecule has 1 heterocycles. The Balaban J connectivity index is 1.82. The molecule has 0 amide bonds. The molecule has 1 aromatic heterocycles. The first-order valence-electron chi connectivity index (χ1n) is 8.69. The van der Waals surface area contributed by atoms with Crippen molar-refractivity contribution in [2.45, 2.75) is 45.0 Å². The third-order valence-electron chi connectivity index (χ3n) is 3.36. The lowest BCUT2D eigenvalue weighted by Gasteiger charge is -2.17. The average molecular weight is 400 g/mol. The van der Waals surface area contributed by atoms with Gasteiger partial charge in [0.05, 0.1) is 17.7 Å². The van der Waals surface area contributed by atoms with Crippen LogP contribution in [0, 0.1) is 0 Å². The van der Waals surface area contributed by atoms with Crippen LogP contribution >= 0.6 is 23.4 Å². The molecule has 1 N–H and O–H groups in total. The van der Waals surface area contributed by atoms with Gasteiger partial charge >= 0.3 is 0 Å². The molecule has 0 aliphatic carbocycles. The molecule has 7 nitrogen and oxygen atoms in total. The lowest BCUT2D eigenvalue weighted by atomic mass is 10.2. The van der Waals surface area contributed by atoms with Crippen LogP contribution in [0.25, 0.3) is 0 Å². The van der Waals surface area contributed by atoms with E-state index in [-0.39, 0.29) is 6.10 Å². The zero-order valence-corrected chi connectivity index (χ0v) is 17.2. The molecule has 0 spiro atoms. The van der Waals surface area contributed by atoms with Gasteiger partial charge in [0.1, 0.15) is 0 Å². The number of aryl methyl sites for hydroxylation is 1. The van der Waals surface area contributed by atoms with E-state index in [0.29, 0.717) is 23.1 Å². The Morgan fingerprint density at radius 2 is 2.15 bits per heavy atom. The zero-order chi connectivity index (χ0) is 18.9. The predicted octanol–water partition coefficient (Wildman–Crippen LogP) is 3.32. The average Bonchev–Trinajstić information content (AvgIpc) is 2.99. The summed E-state index contributed by atoms with van der Waals surface area (Å²) in [6, 6.07) is 3.91. The normalized spacial score (nSPS) is 11.2. The molecule has 1 aromatic carbocycles. The number of benzene rings is 1. The highest BCUT2D eigenvalue weighted by molar-refractivity contribution is 7.99. The zero-order valence-electron chi connectivity index (χ0n) is 15.7. The van der Waals surface area contributed by atoms with Crippen molar-refractivity contribution in [2.24, 2.45) is 7.05 Å². The number of aromatic nitrogens is 4. The SMILES string of the molecule is CCOc1cc(CNCCCSc2nnnn2C)cc(Cl)c1OC(C)C. The minimum absolute atomic E-state index is 0.0392. The molecule has 26 heavy (non-hydrogen) atoms. The smallest absolute Gasteiger partial charge is 0.209 e. The molecule has 0 unspecified atom stereocenters. The van der Waals surface area contributed by atoms with Crippen LogP contribution in [0.1, 0.15) is 32.8 Å². The molecule has 0 radical (unpaired) electrons. The van der Waals surface area contributed by atoms with Crippen molar-refractivity contribution in [1.82, 2.24) is 25.5 Å². The third-order valence-corrected chi connectivity index (χ3v) is 4.74. The van der Waals surface area contributed by atoms with Gasteiger partial charge in [-0.15, -0.1) is 5.10 Å².